The Balaban J connectivity index is 0.00000385. The third-order valence-corrected chi connectivity index (χ3v) is 5.28. The molecule has 1 aromatic carbocycles. The quantitative estimate of drug-likeness (QED) is 0.410. The number of aromatic amines is 1. The summed E-state index contributed by atoms with van der Waals surface area (Å²) in [5.74, 6) is -1.35. The summed E-state index contributed by atoms with van der Waals surface area (Å²) in [5, 5.41) is 8.88. The molecule has 0 bridgehead atoms. The number of halogens is 1. The normalized spacial score (nSPS) is 14.8. The Morgan fingerprint density at radius 1 is 1.12 bits per heavy atom. The van der Waals surface area contributed by atoms with Crippen LogP contribution in [0.3, 0.4) is 0 Å². The number of hydrogen-bond acceptors (Lipinski definition) is 6. The number of carbonyl (C=O) groups excluding carboxylic acids is 3. The number of rotatable bonds is 9. The molecular weight excluding hydrogens is 446 g/mol. The van der Waals surface area contributed by atoms with E-state index in [9.17, 15) is 14.4 Å². The van der Waals surface area contributed by atoms with Crippen LogP contribution < -0.4 is 16.0 Å². The first-order chi connectivity index (χ1) is 15.4. The highest BCUT2D eigenvalue weighted by Gasteiger charge is 2.28. The molecule has 0 unspecified atom stereocenters. The van der Waals surface area contributed by atoms with Gasteiger partial charge in [0.2, 0.25) is 0 Å². The number of esters is 1. The predicted octanol–water partition coefficient (Wildman–Crippen LogP) is 2.20. The van der Waals surface area contributed by atoms with Crippen LogP contribution in [0, 0.1) is 5.92 Å². The van der Waals surface area contributed by atoms with Crippen LogP contribution in [0.25, 0.3) is 0 Å². The van der Waals surface area contributed by atoms with Gasteiger partial charge in [-0.15, -0.1) is 12.4 Å². The Morgan fingerprint density at radius 2 is 1.82 bits per heavy atom. The topological polar surface area (TPSA) is 125 Å². The zero-order chi connectivity index (χ0) is 22.9. The highest BCUT2D eigenvalue weighted by atomic mass is 35.5. The summed E-state index contributed by atoms with van der Waals surface area (Å²) < 4.78 is 5.42. The Kier molecular flexibility index (Phi) is 10.3. The number of amides is 2. The Bertz CT molecular complexity index is 913. The monoisotopic (exact) mass is 477 g/mol. The van der Waals surface area contributed by atoms with E-state index >= 15 is 0 Å². The summed E-state index contributed by atoms with van der Waals surface area (Å²) in [6.07, 6.45) is 3.36. The summed E-state index contributed by atoms with van der Waals surface area (Å²) in [5.41, 5.74) is 0.905. The zero-order valence-corrected chi connectivity index (χ0v) is 19.7. The van der Waals surface area contributed by atoms with Crippen molar-refractivity contribution in [2.45, 2.75) is 51.8 Å². The van der Waals surface area contributed by atoms with Crippen molar-refractivity contribution in [2.75, 3.05) is 13.1 Å². The van der Waals surface area contributed by atoms with Gasteiger partial charge in [0.05, 0.1) is 6.33 Å². The molecule has 1 atom stereocenters. The number of imidazole rings is 1. The largest absolute Gasteiger partial charge is 0.459 e. The van der Waals surface area contributed by atoms with Crippen molar-refractivity contribution < 1.29 is 19.1 Å². The Hall–Kier alpha value is -2.91. The summed E-state index contributed by atoms with van der Waals surface area (Å²) in [7, 11) is 0. The minimum Gasteiger partial charge on any atom is -0.459 e. The van der Waals surface area contributed by atoms with E-state index in [1.165, 1.54) is 6.33 Å². The highest BCUT2D eigenvalue weighted by molar-refractivity contribution is 6.05. The lowest BCUT2D eigenvalue weighted by atomic mass is 10.0. The second-order valence-corrected chi connectivity index (χ2v) is 8.37. The van der Waals surface area contributed by atoms with Crippen LogP contribution >= 0.6 is 12.4 Å². The molecule has 9 nitrogen and oxygen atoms in total. The van der Waals surface area contributed by atoms with E-state index in [1.54, 1.807) is 0 Å². The first kappa shape index (κ1) is 26.3. The lowest BCUT2D eigenvalue weighted by Crippen LogP contribution is -2.45. The second kappa shape index (κ2) is 13.0. The van der Waals surface area contributed by atoms with Crippen molar-refractivity contribution in [3.05, 3.63) is 53.6 Å². The average molecular weight is 478 g/mol. The fourth-order valence-corrected chi connectivity index (χ4v) is 3.60. The van der Waals surface area contributed by atoms with E-state index in [0.29, 0.717) is 6.42 Å². The molecule has 180 valence electrons. The highest BCUT2D eigenvalue weighted by Crippen LogP contribution is 2.12. The van der Waals surface area contributed by atoms with Crippen LogP contribution in [0.2, 0.25) is 0 Å². The van der Waals surface area contributed by atoms with Crippen molar-refractivity contribution in [3.8, 4) is 0 Å². The number of benzene rings is 1. The summed E-state index contributed by atoms with van der Waals surface area (Å²) in [6.45, 7) is 5.70. The van der Waals surface area contributed by atoms with E-state index in [4.69, 9.17) is 4.74 Å². The minimum absolute atomic E-state index is 0. The van der Waals surface area contributed by atoms with Gasteiger partial charge in [-0.2, -0.15) is 0 Å². The van der Waals surface area contributed by atoms with Gasteiger partial charge in [0.15, 0.2) is 5.69 Å². The Labute approximate surface area is 199 Å². The van der Waals surface area contributed by atoms with Gasteiger partial charge in [0, 0.05) is 6.04 Å². The molecule has 2 heterocycles. The van der Waals surface area contributed by atoms with Crippen LogP contribution in [0.5, 0.6) is 0 Å². The van der Waals surface area contributed by atoms with Crippen LogP contribution in [0.1, 0.15) is 59.7 Å². The summed E-state index contributed by atoms with van der Waals surface area (Å²) in [4.78, 5) is 45.0. The van der Waals surface area contributed by atoms with E-state index in [1.807, 2.05) is 44.2 Å². The molecule has 1 aliphatic rings. The number of H-pyrrole nitrogens is 1. The molecule has 0 spiro atoms. The van der Waals surface area contributed by atoms with Gasteiger partial charge in [-0.25, -0.2) is 9.78 Å². The maximum absolute atomic E-state index is 12.9. The van der Waals surface area contributed by atoms with Crippen molar-refractivity contribution in [3.63, 3.8) is 0 Å². The van der Waals surface area contributed by atoms with E-state index in [-0.39, 0.29) is 48.3 Å². The molecule has 1 aliphatic heterocycles. The molecule has 1 fully saturated rings. The zero-order valence-electron chi connectivity index (χ0n) is 18.9. The molecule has 0 radical (unpaired) electrons. The van der Waals surface area contributed by atoms with Gasteiger partial charge in [-0.3, -0.25) is 9.59 Å². The first-order valence-corrected chi connectivity index (χ1v) is 11.0. The molecule has 0 aliphatic carbocycles. The number of nitrogens with one attached hydrogen (secondary N) is 4. The second-order valence-electron chi connectivity index (χ2n) is 8.37. The SMILES string of the molecule is CC(C)C[C@H](NC(=O)c1nc[nH]c1C(=O)NC1CCNCC1)C(=O)OCc1ccccc1.Cl. The molecule has 0 saturated carbocycles. The molecule has 4 N–H and O–H groups in total. The molecule has 2 aromatic rings. The first-order valence-electron chi connectivity index (χ1n) is 11.0. The molecule has 1 saturated heterocycles. The summed E-state index contributed by atoms with van der Waals surface area (Å²) in [6, 6.07) is 8.54. The lowest BCUT2D eigenvalue weighted by Gasteiger charge is -2.23. The number of hydrogen-bond donors (Lipinski definition) is 4. The molecule has 10 heteroatoms. The standard InChI is InChI=1S/C23H31N5O4.ClH/c1-15(2)12-18(23(31)32-13-16-6-4-3-5-7-16)28-22(30)20-19(25-14-26-20)21(29)27-17-8-10-24-11-9-17;/h3-7,14-15,17-18,24H,8-13H2,1-2H3,(H,25,26)(H,27,29)(H,28,30);1H/t18-;/m0./s1. The van der Waals surface area contributed by atoms with Crippen molar-refractivity contribution in [2.24, 2.45) is 5.92 Å². The maximum Gasteiger partial charge on any atom is 0.328 e. The number of nitrogens with zero attached hydrogens (tertiary/aromatic N) is 1. The van der Waals surface area contributed by atoms with Gasteiger partial charge in [0.25, 0.3) is 11.8 Å². The predicted molar refractivity (Wildman–Crippen MR) is 126 cm³/mol. The van der Waals surface area contributed by atoms with E-state index in [2.05, 4.69) is 25.9 Å². The average Bonchev–Trinajstić information content (AvgIpc) is 3.28. The van der Waals surface area contributed by atoms with Gasteiger partial charge in [-0.05, 0) is 43.8 Å². The lowest BCUT2D eigenvalue weighted by molar-refractivity contribution is -0.147. The molecule has 2 amide bonds. The van der Waals surface area contributed by atoms with Crippen LogP contribution in [0.15, 0.2) is 36.7 Å². The number of piperidine rings is 1. The molecular formula is C23H32ClN5O4. The number of ether oxygens (including phenoxy) is 1. The fourth-order valence-electron chi connectivity index (χ4n) is 3.60. The molecule has 33 heavy (non-hydrogen) atoms. The van der Waals surface area contributed by atoms with Crippen LogP contribution in [-0.4, -0.2) is 52.9 Å². The third kappa shape index (κ3) is 7.87. The smallest absolute Gasteiger partial charge is 0.328 e. The van der Waals surface area contributed by atoms with Crippen LogP contribution in [0.4, 0.5) is 0 Å². The van der Waals surface area contributed by atoms with Crippen LogP contribution in [-0.2, 0) is 16.1 Å². The van der Waals surface area contributed by atoms with E-state index in [0.717, 1.165) is 31.5 Å². The van der Waals surface area contributed by atoms with Gasteiger partial charge in [-0.1, -0.05) is 44.2 Å². The van der Waals surface area contributed by atoms with Crippen molar-refractivity contribution in [1.29, 1.82) is 0 Å². The Morgan fingerprint density at radius 3 is 2.48 bits per heavy atom. The van der Waals surface area contributed by atoms with Gasteiger partial charge in [0.1, 0.15) is 18.3 Å². The number of carbonyl (C=O) groups is 3. The number of aromatic nitrogens is 2. The fraction of sp³-hybridized carbons (Fsp3) is 0.478. The minimum atomic E-state index is -0.844. The third-order valence-electron chi connectivity index (χ3n) is 5.28. The maximum atomic E-state index is 12.9. The van der Waals surface area contributed by atoms with Gasteiger partial charge < -0.3 is 25.7 Å². The van der Waals surface area contributed by atoms with E-state index < -0.39 is 17.9 Å². The molecule has 3 rings (SSSR count). The summed E-state index contributed by atoms with van der Waals surface area (Å²) >= 11 is 0. The van der Waals surface area contributed by atoms with Gasteiger partial charge >= 0.3 is 5.97 Å². The molecule has 1 aromatic heterocycles. The van der Waals surface area contributed by atoms with Crippen molar-refractivity contribution >= 4 is 30.2 Å². The van der Waals surface area contributed by atoms with Crippen molar-refractivity contribution in [1.82, 2.24) is 25.9 Å².